The predicted octanol–water partition coefficient (Wildman–Crippen LogP) is 3.34. The van der Waals surface area contributed by atoms with E-state index in [1.165, 1.54) is 0 Å². The zero-order valence-electron chi connectivity index (χ0n) is 12.8. The van der Waals surface area contributed by atoms with Gasteiger partial charge in [0.15, 0.2) is 5.82 Å². The van der Waals surface area contributed by atoms with E-state index in [4.69, 9.17) is 0 Å². The highest BCUT2D eigenvalue weighted by atomic mass is 16.1. The average Bonchev–Trinajstić information content (AvgIpc) is 2.96. The molecule has 0 bridgehead atoms. The topological polar surface area (TPSA) is 59.8 Å². The number of nitrogens with one attached hydrogen (secondary N) is 1. The number of anilines is 1. The van der Waals surface area contributed by atoms with Crippen LogP contribution in [0.15, 0.2) is 30.6 Å². The van der Waals surface area contributed by atoms with E-state index in [2.05, 4.69) is 22.4 Å². The van der Waals surface area contributed by atoms with Crippen LogP contribution in [0.5, 0.6) is 0 Å². The third-order valence-corrected chi connectivity index (χ3v) is 3.51. The fraction of sp³-hybridized carbons (Fsp3) is 0.438. The number of carbonyl (C=O) groups excluding carboxylic acids is 1. The smallest absolute Gasteiger partial charge is 0.227 e. The van der Waals surface area contributed by atoms with Gasteiger partial charge in [-0.05, 0) is 25.5 Å². The molecule has 5 nitrogen and oxygen atoms in total. The van der Waals surface area contributed by atoms with Gasteiger partial charge in [0.1, 0.15) is 6.33 Å². The number of aryl methyl sites for hydroxylation is 1. The zero-order chi connectivity index (χ0) is 15.2. The summed E-state index contributed by atoms with van der Waals surface area (Å²) in [5, 5.41) is 11.1. The van der Waals surface area contributed by atoms with E-state index in [-0.39, 0.29) is 11.8 Å². The lowest BCUT2D eigenvalue weighted by Crippen LogP contribution is -2.20. The minimum absolute atomic E-state index is 0.0259. The van der Waals surface area contributed by atoms with Gasteiger partial charge in [-0.25, -0.2) is 0 Å². The van der Waals surface area contributed by atoms with E-state index in [1.54, 1.807) is 6.33 Å². The van der Waals surface area contributed by atoms with Gasteiger partial charge in [0, 0.05) is 23.7 Å². The number of benzene rings is 1. The predicted molar refractivity (Wildman–Crippen MR) is 83.8 cm³/mol. The lowest BCUT2D eigenvalue weighted by molar-refractivity contribution is -0.119. The van der Waals surface area contributed by atoms with E-state index < -0.39 is 0 Å². The van der Waals surface area contributed by atoms with E-state index in [0.717, 1.165) is 36.5 Å². The molecule has 5 heteroatoms. The molecule has 112 valence electrons. The van der Waals surface area contributed by atoms with Crippen molar-refractivity contribution in [3.05, 3.63) is 30.6 Å². The third-order valence-electron chi connectivity index (χ3n) is 3.51. The van der Waals surface area contributed by atoms with E-state index in [0.29, 0.717) is 0 Å². The van der Waals surface area contributed by atoms with Gasteiger partial charge in [-0.2, -0.15) is 0 Å². The lowest BCUT2D eigenvalue weighted by Gasteiger charge is -2.12. The maximum atomic E-state index is 12.1. The Morgan fingerprint density at radius 2 is 2.19 bits per heavy atom. The second-order valence-corrected chi connectivity index (χ2v) is 5.20. The van der Waals surface area contributed by atoms with Crippen LogP contribution in [0.4, 0.5) is 5.69 Å². The van der Waals surface area contributed by atoms with Crippen LogP contribution in [0.2, 0.25) is 0 Å². The first kappa shape index (κ1) is 15.2. The summed E-state index contributed by atoms with van der Waals surface area (Å²) in [6.45, 7) is 6.90. The number of rotatable bonds is 6. The molecule has 1 atom stereocenters. The van der Waals surface area contributed by atoms with E-state index in [1.807, 2.05) is 42.7 Å². The SMILES string of the molecule is CCCC(C)C(=O)Nc1cccc(-c2nncn2CC)c1. The maximum absolute atomic E-state index is 12.1. The van der Waals surface area contributed by atoms with Crippen molar-refractivity contribution < 1.29 is 4.79 Å². The highest BCUT2D eigenvalue weighted by Crippen LogP contribution is 2.21. The van der Waals surface area contributed by atoms with Gasteiger partial charge in [-0.15, -0.1) is 10.2 Å². The van der Waals surface area contributed by atoms with Crippen molar-refractivity contribution in [1.82, 2.24) is 14.8 Å². The molecule has 2 rings (SSSR count). The Hall–Kier alpha value is -2.17. The van der Waals surface area contributed by atoms with Gasteiger partial charge >= 0.3 is 0 Å². The first-order valence-electron chi connectivity index (χ1n) is 7.44. The lowest BCUT2D eigenvalue weighted by atomic mass is 10.1. The van der Waals surface area contributed by atoms with Crippen LogP contribution in [0, 0.1) is 5.92 Å². The number of amides is 1. The van der Waals surface area contributed by atoms with E-state index >= 15 is 0 Å². The number of carbonyl (C=O) groups is 1. The molecule has 1 unspecified atom stereocenters. The first-order valence-corrected chi connectivity index (χ1v) is 7.44. The summed E-state index contributed by atoms with van der Waals surface area (Å²) in [4.78, 5) is 12.1. The Bertz CT molecular complexity index is 606. The van der Waals surface area contributed by atoms with Crippen LogP contribution >= 0.6 is 0 Å². The Balaban J connectivity index is 2.17. The van der Waals surface area contributed by atoms with E-state index in [9.17, 15) is 4.79 Å². The molecule has 0 saturated heterocycles. The summed E-state index contributed by atoms with van der Waals surface area (Å²) in [6.07, 6.45) is 3.62. The van der Waals surface area contributed by atoms with Crippen molar-refractivity contribution in [2.45, 2.75) is 40.2 Å². The van der Waals surface area contributed by atoms with Gasteiger partial charge in [-0.1, -0.05) is 32.4 Å². The molecule has 0 saturated carbocycles. The van der Waals surface area contributed by atoms with Crippen molar-refractivity contribution in [2.24, 2.45) is 5.92 Å². The van der Waals surface area contributed by atoms with Crippen LogP contribution in [-0.4, -0.2) is 20.7 Å². The molecule has 0 fully saturated rings. The summed E-state index contributed by atoms with van der Waals surface area (Å²) >= 11 is 0. The second kappa shape index (κ2) is 7.02. The Labute approximate surface area is 125 Å². The first-order chi connectivity index (χ1) is 10.2. The Kier molecular flexibility index (Phi) is 5.09. The van der Waals surface area contributed by atoms with Crippen molar-refractivity contribution in [2.75, 3.05) is 5.32 Å². The molecule has 1 amide bonds. The number of hydrogen-bond donors (Lipinski definition) is 1. The molecule has 1 N–H and O–H groups in total. The monoisotopic (exact) mass is 286 g/mol. The minimum Gasteiger partial charge on any atom is -0.326 e. The van der Waals surface area contributed by atoms with Crippen molar-refractivity contribution in [3.63, 3.8) is 0 Å². The van der Waals surface area contributed by atoms with Crippen molar-refractivity contribution >= 4 is 11.6 Å². The largest absolute Gasteiger partial charge is 0.326 e. The summed E-state index contributed by atoms with van der Waals surface area (Å²) in [7, 11) is 0. The van der Waals surface area contributed by atoms with Gasteiger partial charge < -0.3 is 9.88 Å². The number of hydrogen-bond acceptors (Lipinski definition) is 3. The van der Waals surface area contributed by atoms with Crippen molar-refractivity contribution in [1.29, 1.82) is 0 Å². The molecular formula is C16H22N4O. The van der Waals surface area contributed by atoms with Crippen LogP contribution in [0.25, 0.3) is 11.4 Å². The van der Waals surface area contributed by atoms with Crippen molar-refractivity contribution in [3.8, 4) is 11.4 Å². The van der Waals surface area contributed by atoms with Gasteiger partial charge in [-0.3, -0.25) is 4.79 Å². The van der Waals surface area contributed by atoms with Gasteiger partial charge in [0.05, 0.1) is 0 Å². The molecule has 1 aromatic heterocycles. The fourth-order valence-corrected chi connectivity index (χ4v) is 2.28. The average molecular weight is 286 g/mol. The Morgan fingerprint density at radius 3 is 2.90 bits per heavy atom. The molecule has 0 aliphatic heterocycles. The molecule has 21 heavy (non-hydrogen) atoms. The highest BCUT2D eigenvalue weighted by molar-refractivity contribution is 5.92. The summed E-state index contributed by atoms with van der Waals surface area (Å²) in [6, 6.07) is 7.73. The number of aromatic nitrogens is 3. The molecule has 2 aromatic rings. The molecule has 0 spiro atoms. The van der Waals surface area contributed by atoms with Gasteiger partial charge in [0.25, 0.3) is 0 Å². The maximum Gasteiger partial charge on any atom is 0.227 e. The quantitative estimate of drug-likeness (QED) is 0.886. The third kappa shape index (κ3) is 3.68. The zero-order valence-corrected chi connectivity index (χ0v) is 12.8. The molecule has 0 aliphatic carbocycles. The summed E-state index contributed by atoms with van der Waals surface area (Å²) in [5.41, 5.74) is 1.75. The number of nitrogens with zero attached hydrogens (tertiary/aromatic N) is 3. The van der Waals surface area contributed by atoms with Crippen LogP contribution in [0.1, 0.15) is 33.6 Å². The Morgan fingerprint density at radius 1 is 1.38 bits per heavy atom. The summed E-state index contributed by atoms with van der Waals surface area (Å²) < 4.78 is 1.97. The molecular weight excluding hydrogens is 264 g/mol. The van der Waals surface area contributed by atoms with Gasteiger partial charge in [0.2, 0.25) is 5.91 Å². The second-order valence-electron chi connectivity index (χ2n) is 5.20. The molecule has 0 aliphatic rings. The molecule has 0 radical (unpaired) electrons. The molecule has 1 heterocycles. The summed E-state index contributed by atoms with van der Waals surface area (Å²) in [5.74, 6) is 0.902. The normalized spacial score (nSPS) is 12.1. The molecule has 1 aromatic carbocycles. The minimum atomic E-state index is 0.0259. The van der Waals surface area contributed by atoms with Crippen LogP contribution in [-0.2, 0) is 11.3 Å². The van der Waals surface area contributed by atoms with Crippen LogP contribution < -0.4 is 5.32 Å². The fourth-order valence-electron chi connectivity index (χ4n) is 2.28. The van der Waals surface area contributed by atoms with Crippen LogP contribution in [0.3, 0.4) is 0 Å². The highest BCUT2D eigenvalue weighted by Gasteiger charge is 2.13. The standard InChI is InChI=1S/C16H22N4O/c1-4-7-12(3)16(21)18-14-9-6-8-13(10-14)15-19-17-11-20(15)5-2/h6,8-12H,4-5,7H2,1-3H3,(H,18,21).